The second-order valence-electron chi connectivity index (χ2n) is 5.24. The van der Waals surface area contributed by atoms with E-state index in [1.54, 1.807) is 36.4 Å². The number of nitrogens with one attached hydrogen (secondary N) is 1. The molecule has 0 saturated heterocycles. The second-order valence-corrected chi connectivity index (χ2v) is 5.24. The van der Waals surface area contributed by atoms with Gasteiger partial charge in [-0.2, -0.15) is 0 Å². The van der Waals surface area contributed by atoms with Crippen LogP contribution in [0.25, 0.3) is 0 Å². The molecule has 0 fully saturated rings. The highest BCUT2D eigenvalue weighted by atomic mass is 16.5. The lowest BCUT2D eigenvalue weighted by Gasteiger charge is -2.29. The summed E-state index contributed by atoms with van der Waals surface area (Å²) in [6.07, 6.45) is 5.45. The molecule has 0 aromatic heterocycles. The van der Waals surface area contributed by atoms with Gasteiger partial charge in [0.15, 0.2) is 5.78 Å². The fourth-order valence-electron chi connectivity index (χ4n) is 2.28. The molecule has 0 aliphatic carbocycles. The standard InChI is InChI=1S/C18H23NO4/c1-4-5-6-10-13-18(17(22)23-3,19-14(2)20)16(21)15-11-8-7-9-12-15/h6-12H,4-5,13H2,1-3H3,(H,19,20)/b10-6+. The minimum atomic E-state index is -1.74. The predicted molar refractivity (Wildman–Crippen MR) is 88.0 cm³/mol. The van der Waals surface area contributed by atoms with E-state index < -0.39 is 23.2 Å². The van der Waals surface area contributed by atoms with Crippen LogP contribution in [-0.2, 0) is 14.3 Å². The molecule has 0 bridgehead atoms. The van der Waals surface area contributed by atoms with E-state index in [1.807, 2.05) is 13.0 Å². The van der Waals surface area contributed by atoms with Crippen LogP contribution in [0.15, 0.2) is 42.5 Å². The molecule has 0 spiro atoms. The summed E-state index contributed by atoms with van der Waals surface area (Å²) in [6.45, 7) is 3.30. The number of carbonyl (C=O) groups excluding carboxylic acids is 3. The molecule has 1 aromatic carbocycles. The van der Waals surface area contributed by atoms with Crippen molar-refractivity contribution >= 4 is 17.7 Å². The van der Waals surface area contributed by atoms with Gasteiger partial charge in [0.25, 0.3) is 0 Å². The molecule has 0 aliphatic rings. The van der Waals surface area contributed by atoms with Gasteiger partial charge < -0.3 is 10.1 Å². The number of hydrogen-bond acceptors (Lipinski definition) is 4. The molecule has 1 unspecified atom stereocenters. The summed E-state index contributed by atoms with van der Waals surface area (Å²) in [4.78, 5) is 36.9. The molecule has 0 aliphatic heterocycles. The Morgan fingerprint density at radius 1 is 1.17 bits per heavy atom. The number of benzene rings is 1. The first-order chi connectivity index (χ1) is 11.0. The normalized spacial score (nSPS) is 13.3. The number of Topliss-reactive ketones (excluding diaryl/α,β-unsaturated/α-hetero) is 1. The van der Waals surface area contributed by atoms with E-state index in [0.29, 0.717) is 5.56 Å². The summed E-state index contributed by atoms with van der Waals surface area (Å²) in [6, 6.07) is 8.40. The number of esters is 1. The predicted octanol–water partition coefficient (Wildman–Crippen LogP) is 2.66. The van der Waals surface area contributed by atoms with Gasteiger partial charge in [-0.05, 0) is 6.42 Å². The van der Waals surface area contributed by atoms with Crippen LogP contribution in [0.4, 0.5) is 0 Å². The van der Waals surface area contributed by atoms with E-state index >= 15 is 0 Å². The summed E-state index contributed by atoms with van der Waals surface area (Å²) >= 11 is 0. The molecule has 5 nitrogen and oxygen atoms in total. The molecule has 0 heterocycles. The van der Waals surface area contributed by atoms with Gasteiger partial charge in [-0.3, -0.25) is 9.59 Å². The molecule has 1 rings (SSSR count). The highest BCUT2D eigenvalue weighted by molar-refractivity contribution is 6.18. The van der Waals surface area contributed by atoms with Crippen molar-refractivity contribution in [3.8, 4) is 0 Å². The van der Waals surface area contributed by atoms with Gasteiger partial charge in [-0.25, -0.2) is 4.79 Å². The number of carbonyl (C=O) groups is 3. The zero-order chi connectivity index (χ0) is 17.3. The Kier molecular flexibility index (Phi) is 7.19. The maximum absolute atomic E-state index is 12.9. The van der Waals surface area contributed by atoms with Crippen LogP contribution in [0.3, 0.4) is 0 Å². The van der Waals surface area contributed by atoms with Crippen LogP contribution in [0.2, 0.25) is 0 Å². The topological polar surface area (TPSA) is 72.5 Å². The van der Waals surface area contributed by atoms with Crippen LogP contribution in [0.1, 0.15) is 43.5 Å². The van der Waals surface area contributed by atoms with E-state index in [4.69, 9.17) is 4.74 Å². The summed E-state index contributed by atoms with van der Waals surface area (Å²) in [7, 11) is 1.20. The Morgan fingerprint density at radius 3 is 2.35 bits per heavy atom. The van der Waals surface area contributed by atoms with Gasteiger partial charge in [-0.1, -0.05) is 55.8 Å². The highest BCUT2D eigenvalue weighted by Crippen LogP contribution is 2.21. The molecule has 1 atom stereocenters. The van der Waals surface area contributed by atoms with Gasteiger partial charge in [0.1, 0.15) is 0 Å². The number of methoxy groups -OCH3 is 1. The quantitative estimate of drug-likeness (QED) is 0.346. The van der Waals surface area contributed by atoms with Crippen LogP contribution in [0, 0.1) is 0 Å². The molecule has 124 valence electrons. The Labute approximate surface area is 136 Å². The summed E-state index contributed by atoms with van der Waals surface area (Å²) < 4.78 is 4.81. The molecular formula is C18H23NO4. The van der Waals surface area contributed by atoms with E-state index in [2.05, 4.69) is 5.32 Å². The number of ketones is 1. The Hall–Kier alpha value is -2.43. The SMILES string of the molecule is CCC/C=C/CC(NC(C)=O)(C(=O)OC)C(=O)c1ccccc1. The van der Waals surface area contributed by atoms with Crippen molar-refractivity contribution in [2.75, 3.05) is 7.11 Å². The fourth-order valence-corrected chi connectivity index (χ4v) is 2.28. The number of rotatable bonds is 8. The third kappa shape index (κ3) is 4.77. The number of allylic oxidation sites excluding steroid dienone is 1. The highest BCUT2D eigenvalue weighted by Gasteiger charge is 2.47. The Bertz CT molecular complexity index is 580. The molecule has 1 amide bonds. The third-order valence-corrected chi connectivity index (χ3v) is 3.39. The number of amides is 1. The van der Waals surface area contributed by atoms with Crippen LogP contribution in [-0.4, -0.2) is 30.3 Å². The Morgan fingerprint density at radius 2 is 1.83 bits per heavy atom. The lowest BCUT2D eigenvalue weighted by molar-refractivity contribution is -0.148. The maximum atomic E-state index is 12.9. The largest absolute Gasteiger partial charge is 0.467 e. The van der Waals surface area contributed by atoms with E-state index in [-0.39, 0.29) is 6.42 Å². The zero-order valence-electron chi connectivity index (χ0n) is 13.8. The average molecular weight is 317 g/mol. The molecule has 1 aromatic rings. The zero-order valence-corrected chi connectivity index (χ0v) is 13.8. The molecule has 5 heteroatoms. The number of unbranched alkanes of at least 4 members (excludes halogenated alkanes) is 1. The lowest BCUT2D eigenvalue weighted by atomic mass is 9.85. The fraction of sp³-hybridized carbons (Fsp3) is 0.389. The maximum Gasteiger partial charge on any atom is 0.340 e. The van der Waals surface area contributed by atoms with Crippen molar-refractivity contribution in [2.45, 2.75) is 38.6 Å². The molecule has 23 heavy (non-hydrogen) atoms. The van der Waals surface area contributed by atoms with Gasteiger partial charge in [0.2, 0.25) is 11.4 Å². The van der Waals surface area contributed by atoms with Crippen molar-refractivity contribution in [1.82, 2.24) is 5.32 Å². The first-order valence-corrected chi connectivity index (χ1v) is 7.60. The minimum absolute atomic E-state index is 0.0486. The third-order valence-electron chi connectivity index (χ3n) is 3.39. The van der Waals surface area contributed by atoms with E-state index in [1.165, 1.54) is 14.0 Å². The first-order valence-electron chi connectivity index (χ1n) is 7.60. The van der Waals surface area contributed by atoms with E-state index in [9.17, 15) is 14.4 Å². The summed E-state index contributed by atoms with van der Waals surface area (Å²) in [5, 5.41) is 2.50. The van der Waals surface area contributed by atoms with Crippen LogP contribution in [0.5, 0.6) is 0 Å². The average Bonchev–Trinajstić information content (AvgIpc) is 2.56. The minimum Gasteiger partial charge on any atom is -0.467 e. The molecular weight excluding hydrogens is 294 g/mol. The Balaban J connectivity index is 3.27. The van der Waals surface area contributed by atoms with Crippen LogP contribution >= 0.6 is 0 Å². The van der Waals surface area contributed by atoms with Gasteiger partial charge in [0, 0.05) is 18.9 Å². The molecule has 0 saturated carbocycles. The van der Waals surface area contributed by atoms with Crippen molar-refractivity contribution < 1.29 is 19.1 Å². The van der Waals surface area contributed by atoms with Crippen molar-refractivity contribution in [2.24, 2.45) is 0 Å². The molecule has 1 N–H and O–H groups in total. The van der Waals surface area contributed by atoms with Crippen LogP contribution < -0.4 is 5.32 Å². The number of hydrogen-bond donors (Lipinski definition) is 1. The van der Waals surface area contributed by atoms with Gasteiger partial charge >= 0.3 is 5.97 Å². The van der Waals surface area contributed by atoms with Crippen molar-refractivity contribution in [1.29, 1.82) is 0 Å². The van der Waals surface area contributed by atoms with Gasteiger partial charge in [-0.15, -0.1) is 0 Å². The van der Waals surface area contributed by atoms with Crippen molar-refractivity contribution in [3.63, 3.8) is 0 Å². The number of ether oxygens (including phenoxy) is 1. The molecule has 0 radical (unpaired) electrons. The van der Waals surface area contributed by atoms with E-state index in [0.717, 1.165) is 12.8 Å². The van der Waals surface area contributed by atoms with Crippen molar-refractivity contribution in [3.05, 3.63) is 48.0 Å². The first kappa shape index (κ1) is 18.6. The second kappa shape index (κ2) is 8.88. The summed E-state index contributed by atoms with van der Waals surface area (Å²) in [5.41, 5.74) is -1.40. The monoisotopic (exact) mass is 317 g/mol. The summed E-state index contributed by atoms with van der Waals surface area (Å²) in [5.74, 6) is -1.73. The lowest BCUT2D eigenvalue weighted by Crippen LogP contribution is -2.60. The smallest absolute Gasteiger partial charge is 0.340 e. The van der Waals surface area contributed by atoms with Gasteiger partial charge in [0.05, 0.1) is 7.11 Å².